The highest BCUT2D eigenvalue weighted by Gasteiger charge is 2.27. The molecule has 0 radical (unpaired) electrons. The van der Waals surface area contributed by atoms with Crippen molar-refractivity contribution < 1.29 is 0 Å². The second-order valence-corrected chi connectivity index (χ2v) is 5.44. The van der Waals surface area contributed by atoms with E-state index in [1.807, 2.05) is 11.4 Å². The Morgan fingerprint density at radius 2 is 2.32 bits per heavy atom. The molecule has 2 aromatic heterocycles. The Kier molecular flexibility index (Phi) is 3.10. The number of anilines is 1. The zero-order chi connectivity index (χ0) is 13.4. The van der Waals surface area contributed by atoms with Crippen LogP contribution in [0.3, 0.4) is 0 Å². The van der Waals surface area contributed by atoms with Crippen molar-refractivity contribution in [1.29, 1.82) is 0 Å². The Hall–Kier alpha value is -1.69. The Bertz CT molecular complexity index is 578. The van der Waals surface area contributed by atoms with Gasteiger partial charge in [0, 0.05) is 30.9 Å². The average Bonchev–Trinajstić information content (AvgIpc) is 2.85. The van der Waals surface area contributed by atoms with Crippen molar-refractivity contribution >= 4 is 11.6 Å². The Morgan fingerprint density at radius 3 is 3.11 bits per heavy atom. The molecule has 2 unspecified atom stereocenters. The van der Waals surface area contributed by atoms with Crippen LogP contribution in [0.1, 0.15) is 25.5 Å². The number of hydrogen-bond acceptors (Lipinski definition) is 5. The minimum Gasteiger partial charge on any atom is -0.352 e. The van der Waals surface area contributed by atoms with Crippen LogP contribution in [0.15, 0.2) is 12.4 Å². The zero-order valence-electron chi connectivity index (χ0n) is 11.5. The molecule has 1 saturated heterocycles. The number of piperidine rings is 1. The van der Waals surface area contributed by atoms with Gasteiger partial charge >= 0.3 is 0 Å². The highest BCUT2D eigenvalue weighted by molar-refractivity contribution is 5.48. The van der Waals surface area contributed by atoms with Crippen LogP contribution in [0.5, 0.6) is 0 Å². The highest BCUT2D eigenvalue weighted by Crippen LogP contribution is 2.27. The largest absolute Gasteiger partial charge is 0.352 e. The Labute approximate surface area is 112 Å². The first-order valence-electron chi connectivity index (χ1n) is 6.83. The summed E-state index contributed by atoms with van der Waals surface area (Å²) in [5.41, 5.74) is 6.91. The summed E-state index contributed by atoms with van der Waals surface area (Å²) in [6.07, 6.45) is 3.87. The fraction of sp³-hybridized carbons (Fsp3) is 0.615. The van der Waals surface area contributed by atoms with Crippen molar-refractivity contribution in [2.24, 2.45) is 11.7 Å². The number of nitrogens with zero attached hydrogens (tertiary/aromatic N) is 5. The van der Waals surface area contributed by atoms with Gasteiger partial charge in [-0.15, -0.1) is 0 Å². The van der Waals surface area contributed by atoms with Crippen molar-refractivity contribution in [3.63, 3.8) is 0 Å². The summed E-state index contributed by atoms with van der Waals surface area (Å²) in [7, 11) is 0. The van der Waals surface area contributed by atoms with E-state index in [0.717, 1.165) is 30.4 Å². The van der Waals surface area contributed by atoms with E-state index < -0.39 is 0 Å². The molecule has 0 spiro atoms. The number of aryl methyl sites for hydroxylation is 1. The van der Waals surface area contributed by atoms with E-state index in [2.05, 4.69) is 33.0 Å². The summed E-state index contributed by atoms with van der Waals surface area (Å²) in [4.78, 5) is 10.9. The van der Waals surface area contributed by atoms with E-state index in [4.69, 9.17) is 5.73 Å². The maximum Gasteiger partial charge on any atom is 0.254 e. The molecule has 6 heteroatoms. The van der Waals surface area contributed by atoms with Gasteiger partial charge in [-0.2, -0.15) is 14.6 Å². The molecule has 0 amide bonds. The van der Waals surface area contributed by atoms with Crippen LogP contribution in [0.2, 0.25) is 0 Å². The summed E-state index contributed by atoms with van der Waals surface area (Å²) in [5.74, 6) is 2.45. The van der Waals surface area contributed by atoms with Gasteiger partial charge in [0.1, 0.15) is 12.1 Å². The summed E-state index contributed by atoms with van der Waals surface area (Å²) in [6, 6.07) is 2.44. The standard InChI is InChI=1S/C13H20N6/c1-9-3-4-18(11(5-9)7-14)12-6-10(2)17-13-15-8-16-19(12)13/h6,8-9,11H,3-5,7,14H2,1-2H3. The lowest BCUT2D eigenvalue weighted by Crippen LogP contribution is -2.47. The first kappa shape index (κ1) is 12.3. The summed E-state index contributed by atoms with van der Waals surface area (Å²) in [5, 5.41) is 4.28. The normalized spacial score (nSPS) is 24.1. The maximum absolute atomic E-state index is 5.95. The lowest BCUT2D eigenvalue weighted by molar-refractivity contribution is 0.363. The van der Waals surface area contributed by atoms with Gasteiger partial charge in [-0.05, 0) is 25.7 Å². The molecule has 0 bridgehead atoms. The third-order valence-corrected chi connectivity index (χ3v) is 3.91. The van der Waals surface area contributed by atoms with Gasteiger partial charge in [-0.1, -0.05) is 6.92 Å². The fourth-order valence-electron chi connectivity index (χ4n) is 2.89. The first-order valence-corrected chi connectivity index (χ1v) is 6.83. The average molecular weight is 260 g/mol. The molecule has 2 atom stereocenters. The number of aromatic nitrogens is 4. The topological polar surface area (TPSA) is 72.3 Å². The predicted molar refractivity (Wildman–Crippen MR) is 74.1 cm³/mol. The summed E-state index contributed by atoms with van der Waals surface area (Å²) < 4.78 is 1.81. The van der Waals surface area contributed by atoms with Crippen LogP contribution in [0.25, 0.3) is 5.78 Å². The molecule has 3 heterocycles. The maximum atomic E-state index is 5.95. The molecule has 0 saturated carbocycles. The molecule has 0 aromatic carbocycles. The SMILES string of the molecule is Cc1cc(N2CCC(C)CC2CN)n2ncnc2n1. The smallest absolute Gasteiger partial charge is 0.254 e. The van der Waals surface area contributed by atoms with Gasteiger partial charge < -0.3 is 10.6 Å². The molecule has 1 aliphatic heterocycles. The van der Waals surface area contributed by atoms with Crippen LogP contribution in [-0.2, 0) is 0 Å². The molecular weight excluding hydrogens is 240 g/mol. The van der Waals surface area contributed by atoms with E-state index in [1.165, 1.54) is 6.42 Å². The molecule has 0 aliphatic carbocycles. The van der Waals surface area contributed by atoms with E-state index >= 15 is 0 Å². The molecule has 102 valence electrons. The van der Waals surface area contributed by atoms with Crippen molar-refractivity contribution in [3.05, 3.63) is 18.1 Å². The predicted octanol–water partition coefficient (Wildman–Crippen LogP) is 0.996. The van der Waals surface area contributed by atoms with Crippen molar-refractivity contribution in [2.45, 2.75) is 32.7 Å². The van der Waals surface area contributed by atoms with Crippen molar-refractivity contribution in [2.75, 3.05) is 18.0 Å². The Balaban J connectivity index is 2.05. The molecule has 2 N–H and O–H groups in total. The number of rotatable bonds is 2. The molecule has 3 rings (SSSR count). The summed E-state index contributed by atoms with van der Waals surface area (Å²) in [6.45, 7) is 5.97. The lowest BCUT2D eigenvalue weighted by Gasteiger charge is -2.39. The summed E-state index contributed by atoms with van der Waals surface area (Å²) >= 11 is 0. The third-order valence-electron chi connectivity index (χ3n) is 3.91. The van der Waals surface area contributed by atoms with Crippen LogP contribution in [-0.4, -0.2) is 38.7 Å². The van der Waals surface area contributed by atoms with Crippen molar-refractivity contribution in [3.8, 4) is 0 Å². The number of fused-ring (bicyclic) bond motifs is 1. The van der Waals surface area contributed by atoms with Crippen LogP contribution < -0.4 is 10.6 Å². The number of hydrogen-bond donors (Lipinski definition) is 1. The molecular formula is C13H20N6. The van der Waals surface area contributed by atoms with Gasteiger partial charge in [0.15, 0.2) is 0 Å². The van der Waals surface area contributed by atoms with Gasteiger partial charge in [0.05, 0.1) is 0 Å². The quantitative estimate of drug-likeness (QED) is 0.872. The van der Waals surface area contributed by atoms with Gasteiger partial charge in [-0.3, -0.25) is 0 Å². The van der Waals surface area contributed by atoms with E-state index in [-0.39, 0.29) is 0 Å². The van der Waals surface area contributed by atoms with Crippen LogP contribution in [0.4, 0.5) is 5.82 Å². The minimum atomic E-state index is 0.373. The molecule has 1 aliphatic rings. The fourth-order valence-corrected chi connectivity index (χ4v) is 2.89. The van der Waals surface area contributed by atoms with Gasteiger partial charge in [0.25, 0.3) is 5.78 Å². The van der Waals surface area contributed by atoms with Gasteiger partial charge in [0.2, 0.25) is 0 Å². The highest BCUT2D eigenvalue weighted by atomic mass is 15.4. The van der Waals surface area contributed by atoms with Crippen LogP contribution in [0, 0.1) is 12.8 Å². The van der Waals surface area contributed by atoms with Crippen LogP contribution >= 0.6 is 0 Å². The minimum absolute atomic E-state index is 0.373. The monoisotopic (exact) mass is 260 g/mol. The first-order chi connectivity index (χ1) is 9.19. The zero-order valence-corrected chi connectivity index (χ0v) is 11.5. The molecule has 6 nitrogen and oxygen atoms in total. The van der Waals surface area contributed by atoms with Crippen molar-refractivity contribution in [1.82, 2.24) is 19.6 Å². The Morgan fingerprint density at radius 1 is 1.47 bits per heavy atom. The third kappa shape index (κ3) is 2.16. The molecule has 1 fully saturated rings. The van der Waals surface area contributed by atoms with Gasteiger partial charge in [-0.25, -0.2) is 4.98 Å². The lowest BCUT2D eigenvalue weighted by atomic mass is 9.92. The van der Waals surface area contributed by atoms with E-state index in [0.29, 0.717) is 18.4 Å². The van der Waals surface area contributed by atoms with E-state index in [1.54, 1.807) is 6.33 Å². The molecule has 2 aromatic rings. The number of nitrogens with two attached hydrogens (primary N) is 1. The van der Waals surface area contributed by atoms with E-state index in [9.17, 15) is 0 Å². The molecule has 19 heavy (non-hydrogen) atoms. The second-order valence-electron chi connectivity index (χ2n) is 5.44. The second kappa shape index (κ2) is 4.77.